The smallest absolute Gasteiger partial charge is 0.328 e. The van der Waals surface area contributed by atoms with E-state index in [-0.39, 0.29) is 5.57 Å². The van der Waals surface area contributed by atoms with Gasteiger partial charge in [0, 0.05) is 12.0 Å². The second kappa shape index (κ2) is 4.30. The average Bonchev–Trinajstić information content (AvgIpc) is 2.19. The van der Waals surface area contributed by atoms with Crippen LogP contribution >= 0.6 is 0 Å². The van der Waals surface area contributed by atoms with Crippen LogP contribution in [0.25, 0.3) is 0 Å². The normalized spacial score (nSPS) is 20.8. The predicted molar refractivity (Wildman–Crippen MR) is 50.9 cm³/mol. The molecule has 0 saturated carbocycles. The number of allylic oxidation sites excluding steroid dienone is 4. The topological polar surface area (TPSA) is 94.8 Å². The quantitative estimate of drug-likeness (QED) is 0.463. The molecule has 1 aliphatic carbocycles. The van der Waals surface area contributed by atoms with Crippen molar-refractivity contribution in [3.05, 3.63) is 41.4 Å². The molecule has 0 bridgehead atoms. The summed E-state index contributed by atoms with van der Waals surface area (Å²) in [5, 5.41) is 26.7. The number of carboxylic acid groups (broad SMARTS) is 1. The first-order chi connectivity index (χ1) is 7.06. The number of rotatable bonds is 2. The van der Waals surface area contributed by atoms with E-state index >= 15 is 0 Å². The summed E-state index contributed by atoms with van der Waals surface area (Å²) in [6.45, 7) is 0. The fraction of sp³-hybridized carbons (Fsp3) is 0.100. The van der Waals surface area contributed by atoms with Gasteiger partial charge in [0.15, 0.2) is 11.5 Å². The van der Waals surface area contributed by atoms with Crippen molar-refractivity contribution in [3.8, 4) is 0 Å². The largest absolute Gasteiger partial charge is 0.504 e. The molecular formula is C10H8O5. The highest BCUT2D eigenvalue weighted by Gasteiger charge is 2.21. The van der Waals surface area contributed by atoms with E-state index in [1.54, 1.807) is 0 Å². The van der Waals surface area contributed by atoms with E-state index in [0.29, 0.717) is 0 Å². The van der Waals surface area contributed by atoms with E-state index in [9.17, 15) is 14.7 Å². The summed E-state index contributed by atoms with van der Waals surface area (Å²) < 4.78 is 0. The van der Waals surface area contributed by atoms with Gasteiger partial charge in [0.25, 0.3) is 0 Å². The molecule has 0 amide bonds. The zero-order valence-corrected chi connectivity index (χ0v) is 7.54. The zero-order valence-electron chi connectivity index (χ0n) is 7.54. The highest BCUT2D eigenvalue weighted by Crippen LogP contribution is 2.25. The molecule has 0 fully saturated rings. The summed E-state index contributed by atoms with van der Waals surface area (Å²) in [5.74, 6) is -1.40. The number of aliphatic hydroxyl groups excluding tert-OH is 2. The van der Waals surface area contributed by atoms with Crippen LogP contribution in [0.5, 0.6) is 0 Å². The van der Waals surface area contributed by atoms with Crippen molar-refractivity contribution in [2.24, 2.45) is 5.92 Å². The van der Waals surface area contributed by atoms with Gasteiger partial charge in [0.1, 0.15) is 5.94 Å². The third kappa shape index (κ3) is 2.36. The maximum absolute atomic E-state index is 10.5. The Bertz CT molecular complexity index is 419. The Morgan fingerprint density at radius 2 is 2.13 bits per heavy atom. The van der Waals surface area contributed by atoms with E-state index in [0.717, 1.165) is 6.08 Å². The number of hydrogen-bond donors (Lipinski definition) is 3. The first kappa shape index (κ1) is 10.8. The van der Waals surface area contributed by atoms with Crippen LogP contribution in [0.4, 0.5) is 0 Å². The van der Waals surface area contributed by atoms with Crippen molar-refractivity contribution < 1.29 is 24.9 Å². The number of hydrogen-bond acceptors (Lipinski definition) is 4. The molecule has 15 heavy (non-hydrogen) atoms. The van der Waals surface area contributed by atoms with E-state index in [1.807, 2.05) is 0 Å². The molecule has 1 rings (SSSR count). The molecule has 0 saturated heterocycles. The molecule has 3 N–H and O–H groups in total. The van der Waals surface area contributed by atoms with Crippen molar-refractivity contribution >= 4 is 11.9 Å². The predicted octanol–water partition coefficient (Wildman–Crippen LogP) is 0.899. The van der Waals surface area contributed by atoms with Crippen molar-refractivity contribution in [3.63, 3.8) is 0 Å². The lowest BCUT2D eigenvalue weighted by molar-refractivity contribution is -0.131. The second-order valence-electron chi connectivity index (χ2n) is 2.83. The molecule has 1 atom stereocenters. The van der Waals surface area contributed by atoms with Gasteiger partial charge < -0.3 is 15.3 Å². The summed E-state index contributed by atoms with van der Waals surface area (Å²) in [7, 11) is 0. The van der Waals surface area contributed by atoms with Gasteiger partial charge >= 0.3 is 5.97 Å². The fourth-order valence-corrected chi connectivity index (χ4v) is 1.13. The van der Waals surface area contributed by atoms with Crippen LogP contribution in [0.15, 0.2) is 41.4 Å². The number of carbonyl (C=O) groups excluding carboxylic acids is 1. The Morgan fingerprint density at radius 3 is 2.67 bits per heavy atom. The summed E-state index contributed by atoms with van der Waals surface area (Å²) in [6, 6.07) is 0. The maximum Gasteiger partial charge on any atom is 0.328 e. The minimum Gasteiger partial charge on any atom is -0.504 e. The summed E-state index contributed by atoms with van der Waals surface area (Å²) >= 11 is 0. The van der Waals surface area contributed by atoms with E-state index in [2.05, 4.69) is 0 Å². The molecule has 5 heteroatoms. The van der Waals surface area contributed by atoms with Gasteiger partial charge in [-0.1, -0.05) is 12.2 Å². The highest BCUT2D eigenvalue weighted by molar-refractivity contribution is 5.80. The lowest BCUT2D eigenvalue weighted by Crippen LogP contribution is -2.09. The van der Waals surface area contributed by atoms with Crippen LogP contribution in [-0.4, -0.2) is 27.2 Å². The Kier molecular flexibility index (Phi) is 3.10. The van der Waals surface area contributed by atoms with Gasteiger partial charge in [-0.3, -0.25) is 0 Å². The lowest BCUT2D eigenvalue weighted by atomic mass is 9.93. The van der Waals surface area contributed by atoms with Gasteiger partial charge in [-0.2, -0.15) is 0 Å². The van der Waals surface area contributed by atoms with Crippen LogP contribution in [0, 0.1) is 5.92 Å². The number of carbonyl (C=O) groups is 1. The first-order valence-corrected chi connectivity index (χ1v) is 4.03. The minimum absolute atomic E-state index is 0.187. The molecule has 0 aromatic rings. The standard InChI is InChI=1S/C10H8O5/c11-5-7-6(2-4-9(13)14)1-3-8(12)10(7)15/h1-4,6,12,15H,(H,13,14)/b4-2+. The summed E-state index contributed by atoms with van der Waals surface area (Å²) in [6.07, 6.45) is 4.63. The van der Waals surface area contributed by atoms with Crippen LogP contribution in [0.3, 0.4) is 0 Å². The molecule has 0 aromatic carbocycles. The number of aliphatic hydroxyl groups is 2. The molecule has 0 aromatic heterocycles. The summed E-state index contributed by atoms with van der Waals surface area (Å²) in [5.41, 5.74) is -0.187. The number of aliphatic carboxylic acids is 1. The average molecular weight is 208 g/mol. The Hall–Kier alpha value is -2.26. The van der Waals surface area contributed by atoms with Crippen LogP contribution in [-0.2, 0) is 9.59 Å². The third-order valence-electron chi connectivity index (χ3n) is 1.85. The number of carboxylic acids is 1. The molecule has 0 aliphatic heterocycles. The Labute approximate surface area is 85.0 Å². The first-order valence-electron chi connectivity index (χ1n) is 4.03. The molecule has 78 valence electrons. The lowest BCUT2D eigenvalue weighted by Gasteiger charge is -2.13. The van der Waals surface area contributed by atoms with Gasteiger partial charge in [-0.05, 0) is 6.08 Å². The van der Waals surface area contributed by atoms with Crippen molar-refractivity contribution in [2.75, 3.05) is 0 Å². The molecule has 1 aliphatic rings. The fourth-order valence-electron chi connectivity index (χ4n) is 1.13. The van der Waals surface area contributed by atoms with E-state index in [1.165, 1.54) is 24.2 Å². The Balaban J connectivity index is 3.02. The SMILES string of the molecule is O=C=C1C(O)=C(O)C=CC1/C=C/C(=O)O. The molecule has 0 heterocycles. The van der Waals surface area contributed by atoms with Crippen molar-refractivity contribution in [1.29, 1.82) is 0 Å². The van der Waals surface area contributed by atoms with Crippen molar-refractivity contribution in [1.82, 2.24) is 0 Å². The molecule has 5 nitrogen and oxygen atoms in total. The zero-order chi connectivity index (χ0) is 11.4. The Morgan fingerprint density at radius 1 is 1.47 bits per heavy atom. The third-order valence-corrected chi connectivity index (χ3v) is 1.85. The van der Waals surface area contributed by atoms with Gasteiger partial charge in [-0.15, -0.1) is 0 Å². The molecular weight excluding hydrogens is 200 g/mol. The maximum atomic E-state index is 10.5. The van der Waals surface area contributed by atoms with E-state index in [4.69, 9.17) is 10.2 Å². The monoisotopic (exact) mass is 208 g/mol. The van der Waals surface area contributed by atoms with E-state index < -0.39 is 23.4 Å². The van der Waals surface area contributed by atoms with Gasteiger partial charge in [0.2, 0.25) is 0 Å². The molecule has 0 radical (unpaired) electrons. The van der Waals surface area contributed by atoms with Gasteiger partial charge in [0.05, 0.1) is 5.57 Å². The molecule has 1 unspecified atom stereocenters. The van der Waals surface area contributed by atoms with Crippen molar-refractivity contribution in [2.45, 2.75) is 0 Å². The van der Waals surface area contributed by atoms with Crippen LogP contribution in [0.1, 0.15) is 0 Å². The minimum atomic E-state index is -1.16. The molecule has 0 spiro atoms. The van der Waals surface area contributed by atoms with Crippen LogP contribution < -0.4 is 0 Å². The second-order valence-corrected chi connectivity index (χ2v) is 2.83. The highest BCUT2D eigenvalue weighted by atomic mass is 16.4. The van der Waals surface area contributed by atoms with Crippen LogP contribution in [0.2, 0.25) is 0 Å². The van der Waals surface area contributed by atoms with Gasteiger partial charge in [-0.25, -0.2) is 9.59 Å². The summed E-state index contributed by atoms with van der Waals surface area (Å²) in [4.78, 5) is 20.7.